The Morgan fingerprint density at radius 1 is 1.08 bits per heavy atom. The van der Waals surface area contributed by atoms with Crippen molar-refractivity contribution in [3.8, 4) is 11.5 Å². The van der Waals surface area contributed by atoms with E-state index in [2.05, 4.69) is 15.5 Å². The Hall–Kier alpha value is -2.38. The topological polar surface area (TPSA) is 64.1 Å². The van der Waals surface area contributed by atoms with Gasteiger partial charge in [0.25, 0.3) is 0 Å². The quantitative estimate of drug-likeness (QED) is 0.633. The number of aromatic nitrogens is 2. The van der Waals surface area contributed by atoms with Gasteiger partial charge in [0.05, 0.1) is 5.25 Å². The number of para-hydroxylation sites is 1. The molecular formula is C18H17N3O2S2. The number of nitrogens with one attached hydrogen (secondary N) is 1. The molecule has 128 valence electrons. The smallest absolute Gasteiger partial charge is 0.237 e. The zero-order valence-corrected chi connectivity index (χ0v) is 15.4. The molecule has 1 heterocycles. The van der Waals surface area contributed by atoms with E-state index in [0.29, 0.717) is 0 Å². The van der Waals surface area contributed by atoms with Crippen LogP contribution in [0.4, 0.5) is 5.69 Å². The number of benzene rings is 2. The molecule has 7 heteroatoms. The SMILES string of the molecule is Cc1nnc(S[C@H](C)C(=O)Nc2ccc(Oc3ccccc3)cc2)s1. The van der Waals surface area contributed by atoms with Crippen LogP contribution in [0.3, 0.4) is 0 Å². The van der Waals surface area contributed by atoms with Crippen molar-refractivity contribution in [1.82, 2.24) is 10.2 Å². The molecule has 0 saturated heterocycles. The Morgan fingerprint density at radius 2 is 1.76 bits per heavy atom. The highest BCUT2D eigenvalue weighted by Crippen LogP contribution is 2.27. The first-order chi connectivity index (χ1) is 12.1. The van der Waals surface area contributed by atoms with Gasteiger partial charge in [-0.05, 0) is 50.2 Å². The molecule has 0 fully saturated rings. The third kappa shape index (κ3) is 5.04. The molecule has 0 aliphatic heterocycles. The molecule has 0 saturated carbocycles. The van der Waals surface area contributed by atoms with E-state index in [1.165, 1.54) is 23.1 Å². The maximum absolute atomic E-state index is 12.3. The first kappa shape index (κ1) is 17.4. The van der Waals surface area contributed by atoms with Crippen LogP contribution in [0, 0.1) is 6.92 Å². The van der Waals surface area contributed by atoms with Crippen molar-refractivity contribution in [3.63, 3.8) is 0 Å². The molecule has 3 rings (SSSR count). The number of nitrogens with zero attached hydrogens (tertiary/aromatic N) is 2. The van der Waals surface area contributed by atoms with Crippen molar-refractivity contribution in [2.45, 2.75) is 23.4 Å². The Labute approximate surface area is 154 Å². The molecule has 0 aliphatic carbocycles. The molecule has 0 unspecified atom stereocenters. The van der Waals surface area contributed by atoms with Crippen LogP contribution in [0.15, 0.2) is 58.9 Å². The highest BCUT2D eigenvalue weighted by atomic mass is 32.2. The van der Waals surface area contributed by atoms with Crippen LogP contribution >= 0.6 is 23.1 Å². The summed E-state index contributed by atoms with van der Waals surface area (Å²) in [6.07, 6.45) is 0. The van der Waals surface area contributed by atoms with Crippen molar-refractivity contribution in [2.24, 2.45) is 0 Å². The Bertz CT molecular complexity index is 835. The van der Waals surface area contributed by atoms with E-state index in [4.69, 9.17) is 4.74 Å². The molecule has 1 N–H and O–H groups in total. The molecule has 0 radical (unpaired) electrons. The first-order valence-electron chi connectivity index (χ1n) is 7.71. The molecule has 1 atom stereocenters. The number of aryl methyl sites for hydroxylation is 1. The minimum Gasteiger partial charge on any atom is -0.457 e. The van der Waals surface area contributed by atoms with Crippen LogP contribution in [0.5, 0.6) is 11.5 Å². The molecule has 0 bridgehead atoms. The van der Waals surface area contributed by atoms with Crippen LogP contribution in [0.1, 0.15) is 11.9 Å². The number of thioether (sulfide) groups is 1. The van der Waals surface area contributed by atoms with E-state index >= 15 is 0 Å². The van der Waals surface area contributed by atoms with Gasteiger partial charge < -0.3 is 10.1 Å². The van der Waals surface area contributed by atoms with Gasteiger partial charge >= 0.3 is 0 Å². The van der Waals surface area contributed by atoms with Gasteiger partial charge in [0.1, 0.15) is 16.5 Å². The Balaban J connectivity index is 1.56. The molecule has 0 spiro atoms. The second-order valence-electron chi connectivity index (χ2n) is 5.28. The van der Waals surface area contributed by atoms with Gasteiger partial charge in [0.2, 0.25) is 5.91 Å². The van der Waals surface area contributed by atoms with E-state index in [9.17, 15) is 4.79 Å². The number of anilines is 1. The summed E-state index contributed by atoms with van der Waals surface area (Å²) in [6.45, 7) is 3.75. The van der Waals surface area contributed by atoms with Gasteiger partial charge in [-0.2, -0.15) is 0 Å². The highest BCUT2D eigenvalue weighted by molar-refractivity contribution is 8.02. The third-order valence-corrected chi connectivity index (χ3v) is 5.28. The lowest BCUT2D eigenvalue weighted by Crippen LogP contribution is -2.22. The van der Waals surface area contributed by atoms with Crippen molar-refractivity contribution in [1.29, 1.82) is 0 Å². The lowest BCUT2D eigenvalue weighted by atomic mass is 10.3. The maximum Gasteiger partial charge on any atom is 0.237 e. The summed E-state index contributed by atoms with van der Waals surface area (Å²) >= 11 is 2.89. The van der Waals surface area contributed by atoms with Crippen LogP contribution in [-0.2, 0) is 4.79 Å². The summed E-state index contributed by atoms with van der Waals surface area (Å²) < 4.78 is 6.53. The van der Waals surface area contributed by atoms with Crippen LogP contribution < -0.4 is 10.1 Å². The van der Waals surface area contributed by atoms with Crippen molar-refractivity contribution in [2.75, 3.05) is 5.32 Å². The molecular weight excluding hydrogens is 354 g/mol. The van der Waals surface area contributed by atoms with Crippen molar-refractivity contribution in [3.05, 3.63) is 59.6 Å². The van der Waals surface area contributed by atoms with Gasteiger partial charge in [-0.3, -0.25) is 4.79 Å². The zero-order valence-electron chi connectivity index (χ0n) is 13.8. The molecule has 1 amide bonds. The lowest BCUT2D eigenvalue weighted by molar-refractivity contribution is -0.115. The fraction of sp³-hybridized carbons (Fsp3) is 0.167. The number of hydrogen-bond acceptors (Lipinski definition) is 6. The van der Waals surface area contributed by atoms with Gasteiger partial charge in [-0.25, -0.2) is 0 Å². The predicted octanol–water partition coefficient (Wildman–Crippen LogP) is 4.76. The minimum absolute atomic E-state index is 0.0745. The van der Waals surface area contributed by atoms with Gasteiger partial charge in [0.15, 0.2) is 4.34 Å². The number of amides is 1. The number of carbonyl (C=O) groups excluding carboxylic acids is 1. The molecule has 0 aliphatic rings. The monoisotopic (exact) mass is 371 g/mol. The molecule has 3 aromatic rings. The second-order valence-corrected chi connectivity index (χ2v) is 8.05. The molecule has 1 aromatic heterocycles. The zero-order chi connectivity index (χ0) is 17.6. The highest BCUT2D eigenvalue weighted by Gasteiger charge is 2.16. The van der Waals surface area contributed by atoms with Crippen molar-refractivity contribution < 1.29 is 9.53 Å². The summed E-state index contributed by atoms with van der Waals surface area (Å²) in [5, 5.41) is 11.5. The summed E-state index contributed by atoms with van der Waals surface area (Å²) in [4.78, 5) is 12.3. The lowest BCUT2D eigenvalue weighted by Gasteiger charge is -2.11. The van der Waals surface area contributed by atoms with Gasteiger partial charge in [-0.15, -0.1) is 10.2 Å². The summed E-state index contributed by atoms with van der Waals surface area (Å²) in [5.74, 6) is 1.42. The average molecular weight is 371 g/mol. The van der Waals surface area contributed by atoms with Crippen LogP contribution in [0.2, 0.25) is 0 Å². The molecule has 2 aromatic carbocycles. The number of ether oxygens (including phenoxy) is 1. The van der Waals surface area contributed by atoms with Crippen LogP contribution in [-0.4, -0.2) is 21.4 Å². The van der Waals surface area contributed by atoms with E-state index in [0.717, 1.165) is 26.5 Å². The fourth-order valence-electron chi connectivity index (χ4n) is 2.01. The van der Waals surface area contributed by atoms with Crippen molar-refractivity contribution >= 4 is 34.7 Å². The largest absolute Gasteiger partial charge is 0.457 e. The Kier molecular flexibility index (Phi) is 5.67. The van der Waals surface area contributed by atoms with E-state index < -0.39 is 0 Å². The summed E-state index contributed by atoms with van der Waals surface area (Å²) in [5.41, 5.74) is 0.728. The minimum atomic E-state index is -0.257. The number of hydrogen-bond donors (Lipinski definition) is 1. The maximum atomic E-state index is 12.3. The molecule has 5 nitrogen and oxygen atoms in total. The first-order valence-corrected chi connectivity index (χ1v) is 9.40. The summed E-state index contributed by atoms with van der Waals surface area (Å²) in [7, 11) is 0. The van der Waals surface area contributed by atoms with E-state index in [1.807, 2.05) is 68.4 Å². The van der Waals surface area contributed by atoms with Crippen LogP contribution in [0.25, 0.3) is 0 Å². The standard InChI is InChI=1S/C18H17N3O2S2/c1-12(24-18-21-20-13(2)25-18)17(22)19-14-8-10-16(11-9-14)23-15-6-4-3-5-7-15/h3-12H,1-2H3,(H,19,22)/t12-/m1/s1. The van der Waals surface area contributed by atoms with Gasteiger partial charge in [0, 0.05) is 5.69 Å². The fourth-order valence-corrected chi connectivity index (χ4v) is 3.97. The normalized spacial score (nSPS) is 11.8. The Morgan fingerprint density at radius 3 is 2.40 bits per heavy atom. The van der Waals surface area contributed by atoms with Gasteiger partial charge in [-0.1, -0.05) is 41.3 Å². The average Bonchev–Trinajstić information content (AvgIpc) is 3.02. The van der Waals surface area contributed by atoms with E-state index in [-0.39, 0.29) is 11.2 Å². The molecule has 25 heavy (non-hydrogen) atoms. The summed E-state index contributed by atoms with van der Waals surface area (Å²) in [6, 6.07) is 16.9. The number of rotatable bonds is 6. The second kappa shape index (κ2) is 8.13. The third-order valence-electron chi connectivity index (χ3n) is 3.26. The predicted molar refractivity (Wildman–Crippen MR) is 102 cm³/mol. The number of carbonyl (C=O) groups is 1. The van der Waals surface area contributed by atoms with E-state index in [1.54, 1.807) is 0 Å².